The molecular weight excluding hydrogens is 412 g/mol. The van der Waals surface area contributed by atoms with E-state index in [9.17, 15) is 4.79 Å². The number of aryl methyl sites for hydroxylation is 1. The van der Waals surface area contributed by atoms with Crippen molar-refractivity contribution in [3.63, 3.8) is 0 Å². The Labute approximate surface area is 184 Å². The number of hydrogen-bond acceptors (Lipinski definition) is 6. The van der Waals surface area contributed by atoms with E-state index in [-0.39, 0.29) is 5.91 Å². The molecule has 1 N–H and O–H groups in total. The fourth-order valence-corrected chi connectivity index (χ4v) is 3.91. The number of anilines is 1. The lowest BCUT2D eigenvalue weighted by molar-refractivity contribution is 0.102. The van der Waals surface area contributed by atoms with Crippen molar-refractivity contribution in [2.24, 2.45) is 0 Å². The van der Waals surface area contributed by atoms with E-state index in [4.69, 9.17) is 14.5 Å². The van der Waals surface area contributed by atoms with Gasteiger partial charge in [0.1, 0.15) is 17.3 Å². The third-order valence-corrected chi connectivity index (χ3v) is 5.38. The molecule has 4 rings (SSSR count). The van der Waals surface area contributed by atoms with Crippen molar-refractivity contribution in [3.05, 3.63) is 71.2 Å². The standard InChI is InChI=1S/C23H22N4O3S/c1-4-30-20-8-6-5-7-18(20)22(28)25-21-13-15(2)26-27(21)23-24-19(14-31-23)16-9-11-17(29-3)12-10-16/h5-14H,4H2,1-3H3,(H,25,28). The van der Waals surface area contributed by atoms with E-state index in [1.54, 1.807) is 23.9 Å². The molecule has 158 valence electrons. The SMILES string of the molecule is CCOc1ccccc1C(=O)Nc1cc(C)nn1-c1nc(-c2ccc(OC)cc2)cs1. The molecular formula is C23H22N4O3S. The number of hydrogen-bond donors (Lipinski definition) is 1. The molecule has 0 spiro atoms. The molecule has 2 aromatic carbocycles. The van der Waals surface area contributed by atoms with E-state index in [1.807, 2.05) is 61.7 Å². The van der Waals surface area contributed by atoms with Crippen LogP contribution in [0.25, 0.3) is 16.4 Å². The van der Waals surface area contributed by atoms with Gasteiger partial charge in [0.2, 0.25) is 5.13 Å². The largest absolute Gasteiger partial charge is 0.497 e. The smallest absolute Gasteiger partial charge is 0.260 e. The highest BCUT2D eigenvalue weighted by Crippen LogP contribution is 2.28. The zero-order valence-corrected chi connectivity index (χ0v) is 18.3. The van der Waals surface area contributed by atoms with Crippen molar-refractivity contribution < 1.29 is 14.3 Å². The predicted molar refractivity (Wildman–Crippen MR) is 122 cm³/mol. The molecule has 2 heterocycles. The first-order valence-electron chi connectivity index (χ1n) is 9.79. The van der Waals surface area contributed by atoms with Crippen LogP contribution in [0.3, 0.4) is 0 Å². The van der Waals surface area contributed by atoms with Gasteiger partial charge >= 0.3 is 0 Å². The van der Waals surface area contributed by atoms with Gasteiger partial charge in [0, 0.05) is 17.0 Å². The molecule has 0 unspecified atom stereocenters. The van der Waals surface area contributed by atoms with Crippen molar-refractivity contribution in [2.45, 2.75) is 13.8 Å². The Morgan fingerprint density at radius 3 is 2.68 bits per heavy atom. The molecule has 31 heavy (non-hydrogen) atoms. The topological polar surface area (TPSA) is 78.3 Å². The van der Waals surface area contributed by atoms with E-state index in [1.165, 1.54) is 11.3 Å². The first kappa shape index (κ1) is 20.6. The Kier molecular flexibility index (Phi) is 5.99. The van der Waals surface area contributed by atoms with Crippen LogP contribution in [0.1, 0.15) is 23.0 Å². The molecule has 0 fully saturated rings. The maximum Gasteiger partial charge on any atom is 0.260 e. The molecule has 4 aromatic rings. The second-order valence-electron chi connectivity index (χ2n) is 6.71. The number of para-hydroxylation sites is 1. The van der Waals surface area contributed by atoms with Crippen LogP contribution in [0, 0.1) is 6.92 Å². The number of nitrogens with zero attached hydrogens (tertiary/aromatic N) is 3. The minimum atomic E-state index is -0.267. The van der Waals surface area contributed by atoms with Gasteiger partial charge in [-0.15, -0.1) is 11.3 Å². The minimum Gasteiger partial charge on any atom is -0.497 e. The zero-order chi connectivity index (χ0) is 21.8. The molecule has 0 saturated carbocycles. The van der Waals surface area contributed by atoms with Gasteiger partial charge in [-0.05, 0) is 50.2 Å². The molecule has 2 aromatic heterocycles. The summed E-state index contributed by atoms with van der Waals surface area (Å²) < 4.78 is 12.4. The first-order valence-corrected chi connectivity index (χ1v) is 10.7. The van der Waals surface area contributed by atoms with Crippen molar-refractivity contribution in [1.29, 1.82) is 0 Å². The molecule has 0 radical (unpaired) electrons. The summed E-state index contributed by atoms with van der Waals surface area (Å²) in [7, 11) is 1.64. The number of methoxy groups -OCH3 is 1. The Hall–Kier alpha value is -3.65. The van der Waals surface area contributed by atoms with Crippen LogP contribution in [0.15, 0.2) is 60.0 Å². The second kappa shape index (κ2) is 9.01. The summed E-state index contributed by atoms with van der Waals surface area (Å²) in [5, 5.41) is 10.1. The number of carbonyl (C=O) groups is 1. The number of nitrogens with one attached hydrogen (secondary N) is 1. The average molecular weight is 435 g/mol. The zero-order valence-electron chi connectivity index (χ0n) is 17.5. The average Bonchev–Trinajstić information content (AvgIpc) is 3.41. The Bertz CT molecular complexity index is 1200. The van der Waals surface area contributed by atoms with E-state index >= 15 is 0 Å². The normalized spacial score (nSPS) is 10.7. The van der Waals surface area contributed by atoms with Crippen molar-refractivity contribution in [3.8, 4) is 27.9 Å². The summed E-state index contributed by atoms with van der Waals surface area (Å²) in [6, 6.07) is 16.7. The second-order valence-corrected chi connectivity index (χ2v) is 7.55. The summed E-state index contributed by atoms with van der Waals surface area (Å²) in [5.74, 6) is 1.61. The summed E-state index contributed by atoms with van der Waals surface area (Å²) in [6.07, 6.45) is 0. The lowest BCUT2D eigenvalue weighted by atomic mass is 10.2. The van der Waals surface area contributed by atoms with Gasteiger partial charge in [-0.2, -0.15) is 9.78 Å². The minimum absolute atomic E-state index is 0.267. The van der Waals surface area contributed by atoms with E-state index in [0.717, 1.165) is 22.7 Å². The third kappa shape index (κ3) is 4.44. The number of rotatable bonds is 7. The van der Waals surface area contributed by atoms with E-state index in [2.05, 4.69) is 10.4 Å². The molecule has 0 aliphatic heterocycles. The fourth-order valence-electron chi connectivity index (χ4n) is 3.11. The van der Waals surface area contributed by atoms with E-state index in [0.29, 0.717) is 28.9 Å². The maximum absolute atomic E-state index is 12.9. The van der Waals surface area contributed by atoms with Gasteiger partial charge in [0.25, 0.3) is 5.91 Å². The monoisotopic (exact) mass is 434 g/mol. The van der Waals surface area contributed by atoms with Gasteiger partial charge in [-0.1, -0.05) is 12.1 Å². The summed E-state index contributed by atoms with van der Waals surface area (Å²) in [4.78, 5) is 17.6. The van der Waals surface area contributed by atoms with Crippen molar-refractivity contribution in [1.82, 2.24) is 14.8 Å². The van der Waals surface area contributed by atoms with Crippen molar-refractivity contribution >= 4 is 23.1 Å². The number of benzene rings is 2. The quantitative estimate of drug-likeness (QED) is 0.445. The summed E-state index contributed by atoms with van der Waals surface area (Å²) in [6.45, 7) is 4.24. The van der Waals surface area contributed by atoms with Crippen LogP contribution in [-0.2, 0) is 0 Å². The van der Waals surface area contributed by atoms with Gasteiger partial charge in [0.15, 0.2) is 0 Å². The lowest BCUT2D eigenvalue weighted by Gasteiger charge is -2.10. The predicted octanol–water partition coefficient (Wildman–Crippen LogP) is 4.96. The maximum atomic E-state index is 12.9. The number of amides is 1. The van der Waals surface area contributed by atoms with Crippen LogP contribution in [0.5, 0.6) is 11.5 Å². The van der Waals surface area contributed by atoms with Crippen LogP contribution < -0.4 is 14.8 Å². The van der Waals surface area contributed by atoms with Crippen LogP contribution in [0.4, 0.5) is 5.82 Å². The van der Waals surface area contributed by atoms with Crippen LogP contribution in [0.2, 0.25) is 0 Å². The van der Waals surface area contributed by atoms with Gasteiger partial charge in [-0.3, -0.25) is 4.79 Å². The first-order chi connectivity index (χ1) is 15.1. The molecule has 1 amide bonds. The highest BCUT2D eigenvalue weighted by atomic mass is 32.1. The molecule has 8 heteroatoms. The van der Waals surface area contributed by atoms with Gasteiger partial charge in [0.05, 0.1) is 30.7 Å². The molecule has 0 atom stereocenters. The Morgan fingerprint density at radius 1 is 1.16 bits per heavy atom. The van der Waals surface area contributed by atoms with Crippen LogP contribution >= 0.6 is 11.3 Å². The molecule has 0 saturated heterocycles. The third-order valence-electron chi connectivity index (χ3n) is 4.56. The number of ether oxygens (including phenoxy) is 2. The summed E-state index contributed by atoms with van der Waals surface area (Å²) in [5.41, 5.74) is 3.04. The van der Waals surface area contributed by atoms with Gasteiger partial charge in [-0.25, -0.2) is 4.98 Å². The Balaban J connectivity index is 1.61. The number of thiazole rings is 1. The highest BCUT2D eigenvalue weighted by Gasteiger charge is 2.17. The number of carbonyl (C=O) groups excluding carboxylic acids is 1. The van der Waals surface area contributed by atoms with Crippen LogP contribution in [-0.4, -0.2) is 34.4 Å². The highest BCUT2D eigenvalue weighted by molar-refractivity contribution is 7.12. The fraction of sp³-hybridized carbons (Fsp3) is 0.174. The summed E-state index contributed by atoms with van der Waals surface area (Å²) >= 11 is 1.45. The van der Waals surface area contributed by atoms with E-state index < -0.39 is 0 Å². The molecule has 0 aliphatic carbocycles. The molecule has 0 bridgehead atoms. The lowest BCUT2D eigenvalue weighted by Crippen LogP contribution is -2.16. The molecule has 7 nitrogen and oxygen atoms in total. The molecule has 0 aliphatic rings. The van der Waals surface area contributed by atoms with Crippen molar-refractivity contribution in [2.75, 3.05) is 19.0 Å². The number of aromatic nitrogens is 3. The van der Waals surface area contributed by atoms with Gasteiger partial charge < -0.3 is 14.8 Å². The Morgan fingerprint density at radius 2 is 1.94 bits per heavy atom.